The minimum absolute atomic E-state index is 0.669. The summed E-state index contributed by atoms with van der Waals surface area (Å²) >= 11 is 0. The van der Waals surface area contributed by atoms with Crippen LogP contribution in [0.2, 0.25) is 0 Å². The molecule has 0 aliphatic rings. The molecule has 18 heavy (non-hydrogen) atoms. The number of carboxylic acid groups (broad SMARTS) is 1. The van der Waals surface area contributed by atoms with Crippen LogP contribution in [0.25, 0.3) is 0 Å². The van der Waals surface area contributed by atoms with E-state index in [9.17, 15) is 9.90 Å². The SMILES string of the molecule is CCCC(CCC)(C(=O)O)c1ccc(OC)cc1. The van der Waals surface area contributed by atoms with Gasteiger partial charge in [-0.15, -0.1) is 0 Å². The largest absolute Gasteiger partial charge is 0.497 e. The first-order chi connectivity index (χ1) is 8.60. The van der Waals surface area contributed by atoms with Gasteiger partial charge in [-0.3, -0.25) is 4.79 Å². The number of rotatable bonds is 7. The predicted molar refractivity (Wildman–Crippen MR) is 72.1 cm³/mol. The third kappa shape index (κ3) is 2.84. The molecule has 3 nitrogen and oxygen atoms in total. The second-order valence-corrected chi connectivity index (χ2v) is 4.62. The molecule has 0 aliphatic carbocycles. The Morgan fingerprint density at radius 3 is 2.00 bits per heavy atom. The van der Waals surface area contributed by atoms with Gasteiger partial charge in [-0.2, -0.15) is 0 Å². The Labute approximate surface area is 109 Å². The first-order valence-electron chi connectivity index (χ1n) is 6.48. The Bertz CT molecular complexity index is 375. The smallest absolute Gasteiger partial charge is 0.314 e. The molecule has 0 spiro atoms. The minimum Gasteiger partial charge on any atom is -0.497 e. The van der Waals surface area contributed by atoms with Gasteiger partial charge in [0.1, 0.15) is 5.75 Å². The van der Waals surface area contributed by atoms with Crippen LogP contribution in [0.4, 0.5) is 0 Å². The average molecular weight is 250 g/mol. The Hall–Kier alpha value is -1.51. The second-order valence-electron chi connectivity index (χ2n) is 4.62. The molecule has 0 aromatic heterocycles. The number of aliphatic carboxylic acids is 1. The summed E-state index contributed by atoms with van der Waals surface area (Å²) in [7, 11) is 1.61. The number of carbonyl (C=O) groups is 1. The van der Waals surface area contributed by atoms with Crippen molar-refractivity contribution in [3.8, 4) is 5.75 Å². The molecule has 100 valence electrons. The normalized spacial score (nSPS) is 11.3. The Kier molecular flexibility index (Phi) is 5.20. The summed E-state index contributed by atoms with van der Waals surface area (Å²) in [5, 5.41) is 9.63. The molecule has 1 rings (SSSR count). The molecular formula is C15H22O3. The fourth-order valence-corrected chi connectivity index (χ4v) is 2.51. The maximum absolute atomic E-state index is 11.7. The topological polar surface area (TPSA) is 46.5 Å². The van der Waals surface area contributed by atoms with Crippen LogP contribution in [0, 0.1) is 0 Å². The number of methoxy groups -OCH3 is 1. The standard InChI is InChI=1S/C15H22O3/c1-4-10-15(11-5-2,14(16)17)12-6-8-13(18-3)9-7-12/h6-9H,4-5,10-11H2,1-3H3,(H,16,17). The van der Waals surface area contributed by atoms with E-state index >= 15 is 0 Å². The molecule has 3 heteroatoms. The highest BCUT2D eigenvalue weighted by Gasteiger charge is 2.38. The molecule has 0 fully saturated rings. The van der Waals surface area contributed by atoms with Crippen LogP contribution in [-0.4, -0.2) is 18.2 Å². The number of carboxylic acids is 1. The maximum atomic E-state index is 11.7. The maximum Gasteiger partial charge on any atom is 0.314 e. The fourth-order valence-electron chi connectivity index (χ4n) is 2.51. The van der Waals surface area contributed by atoms with Gasteiger partial charge in [0, 0.05) is 0 Å². The zero-order valence-corrected chi connectivity index (χ0v) is 11.4. The summed E-state index contributed by atoms with van der Waals surface area (Å²) in [5.41, 5.74) is 0.120. The number of ether oxygens (including phenoxy) is 1. The lowest BCUT2D eigenvalue weighted by molar-refractivity contribution is -0.144. The summed E-state index contributed by atoms with van der Waals surface area (Å²) in [6.45, 7) is 4.05. The summed E-state index contributed by atoms with van der Waals surface area (Å²) < 4.78 is 5.11. The number of benzene rings is 1. The van der Waals surface area contributed by atoms with Crippen molar-refractivity contribution < 1.29 is 14.6 Å². The summed E-state index contributed by atoms with van der Waals surface area (Å²) in [5.74, 6) is 0.0300. The van der Waals surface area contributed by atoms with Crippen molar-refractivity contribution in [2.75, 3.05) is 7.11 Å². The van der Waals surface area contributed by atoms with Crippen molar-refractivity contribution in [1.29, 1.82) is 0 Å². The lowest BCUT2D eigenvalue weighted by Gasteiger charge is -2.29. The van der Waals surface area contributed by atoms with Crippen LogP contribution in [0.5, 0.6) is 5.75 Å². The van der Waals surface area contributed by atoms with Gasteiger partial charge in [-0.05, 0) is 30.5 Å². The molecule has 1 aromatic carbocycles. The third-order valence-corrected chi connectivity index (χ3v) is 3.41. The second kappa shape index (κ2) is 6.43. The molecule has 0 heterocycles. The molecular weight excluding hydrogens is 228 g/mol. The van der Waals surface area contributed by atoms with Crippen LogP contribution < -0.4 is 4.74 Å². The molecule has 0 saturated heterocycles. The molecule has 0 aliphatic heterocycles. The van der Waals surface area contributed by atoms with E-state index in [-0.39, 0.29) is 0 Å². The highest BCUT2D eigenvalue weighted by Crippen LogP contribution is 2.35. The molecule has 0 atom stereocenters. The first kappa shape index (κ1) is 14.6. The van der Waals surface area contributed by atoms with Gasteiger partial charge >= 0.3 is 5.97 Å². The van der Waals surface area contributed by atoms with Crippen molar-refractivity contribution in [3.05, 3.63) is 29.8 Å². The predicted octanol–water partition coefficient (Wildman–Crippen LogP) is 3.62. The molecule has 1 aromatic rings. The van der Waals surface area contributed by atoms with Crippen LogP contribution in [-0.2, 0) is 10.2 Å². The minimum atomic E-state index is -0.754. The molecule has 0 unspecified atom stereocenters. The van der Waals surface area contributed by atoms with Gasteiger partial charge in [0.05, 0.1) is 12.5 Å². The quantitative estimate of drug-likeness (QED) is 0.804. The Morgan fingerprint density at radius 2 is 1.67 bits per heavy atom. The lowest BCUT2D eigenvalue weighted by Crippen LogP contribution is -2.35. The molecule has 0 radical (unpaired) electrons. The molecule has 0 saturated carbocycles. The van der Waals surface area contributed by atoms with Crippen molar-refractivity contribution in [2.45, 2.75) is 44.9 Å². The zero-order valence-electron chi connectivity index (χ0n) is 11.4. The van der Waals surface area contributed by atoms with Crippen molar-refractivity contribution in [1.82, 2.24) is 0 Å². The van der Waals surface area contributed by atoms with Gasteiger partial charge in [-0.1, -0.05) is 38.8 Å². The summed E-state index contributed by atoms with van der Waals surface area (Å²) in [6.07, 6.45) is 3.06. The third-order valence-electron chi connectivity index (χ3n) is 3.41. The lowest BCUT2D eigenvalue weighted by atomic mass is 9.73. The van der Waals surface area contributed by atoms with E-state index < -0.39 is 11.4 Å². The van der Waals surface area contributed by atoms with Gasteiger partial charge in [0.25, 0.3) is 0 Å². The Balaban J connectivity index is 3.17. The van der Waals surface area contributed by atoms with E-state index in [0.29, 0.717) is 12.8 Å². The van der Waals surface area contributed by atoms with E-state index in [1.54, 1.807) is 7.11 Å². The van der Waals surface area contributed by atoms with Gasteiger partial charge < -0.3 is 9.84 Å². The summed E-state index contributed by atoms with van der Waals surface area (Å²) in [6, 6.07) is 7.41. The highest BCUT2D eigenvalue weighted by atomic mass is 16.5. The van der Waals surface area contributed by atoms with E-state index in [4.69, 9.17) is 4.74 Å². The monoisotopic (exact) mass is 250 g/mol. The van der Waals surface area contributed by atoms with Gasteiger partial charge in [0.2, 0.25) is 0 Å². The van der Waals surface area contributed by atoms with E-state index in [1.165, 1.54) is 0 Å². The van der Waals surface area contributed by atoms with E-state index in [2.05, 4.69) is 0 Å². The molecule has 0 bridgehead atoms. The van der Waals surface area contributed by atoms with E-state index in [0.717, 1.165) is 24.2 Å². The molecule has 0 amide bonds. The van der Waals surface area contributed by atoms with Gasteiger partial charge in [-0.25, -0.2) is 0 Å². The van der Waals surface area contributed by atoms with Crippen LogP contribution in [0.3, 0.4) is 0 Å². The van der Waals surface area contributed by atoms with Crippen LogP contribution in [0.15, 0.2) is 24.3 Å². The number of hydrogen-bond acceptors (Lipinski definition) is 2. The van der Waals surface area contributed by atoms with Crippen molar-refractivity contribution >= 4 is 5.97 Å². The van der Waals surface area contributed by atoms with Crippen LogP contribution >= 0.6 is 0 Å². The van der Waals surface area contributed by atoms with Crippen molar-refractivity contribution in [2.24, 2.45) is 0 Å². The summed E-state index contributed by atoms with van der Waals surface area (Å²) in [4.78, 5) is 11.7. The fraction of sp³-hybridized carbons (Fsp3) is 0.533. The Morgan fingerprint density at radius 1 is 1.17 bits per heavy atom. The average Bonchev–Trinajstić information content (AvgIpc) is 2.38. The number of hydrogen-bond donors (Lipinski definition) is 1. The van der Waals surface area contributed by atoms with Gasteiger partial charge in [0.15, 0.2) is 0 Å². The first-order valence-corrected chi connectivity index (χ1v) is 6.48. The van der Waals surface area contributed by atoms with E-state index in [1.807, 2.05) is 38.1 Å². The highest BCUT2D eigenvalue weighted by molar-refractivity contribution is 5.81. The van der Waals surface area contributed by atoms with Crippen LogP contribution in [0.1, 0.15) is 45.1 Å². The zero-order chi connectivity index (χ0) is 13.6. The van der Waals surface area contributed by atoms with Crippen molar-refractivity contribution in [3.63, 3.8) is 0 Å². The molecule has 1 N–H and O–H groups in total.